The normalized spacial score (nSPS) is 10.6. The maximum absolute atomic E-state index is 13.8. The number of amides is 1. The Bertz CT molecular complexity index is 650. The number of carbonyl (C=O) groups is 1. The fraction of sp³-hybridized carbons (Fsp3) is 0.133. The number of nitrogens with one attached hydrogen (secondary N) is 1. The molecule has 1 amide bonds. The predicted octanol–water partition coefficient (Wildman–Crippen LogP) is 3.09. The first-order chi connectivity index (χ1) is 10.1. The van der Waals surface area contributed by atoms with Crippen LogP contribution in [0.2, 0.25) is 0 Å². The molecule has 110 valence electrons. The van der Waals surface area contributed by atoms with E-state index >= 15 is 0 Å². The van der Waals surface area contributed by atoms with E-state index in [1.165, 1.54) is 38.7 Å². The topological polar surface area (TPSA) is 60.7 Å². The number of halogens is 1. The van der Waals surface area contributed by atoms with Crippen LogP contribution in [-0.2, 0) is 4.79 Å². The van der Waals surface area contributed by atoms with Gasteiger partial charge in [0.2, 0.25) is 5.91 Å². The van der Waals surface area contributed by atoms with Gasteiger partial charge in [-0.15, -0.1) is 0 Å². The summed E-state index contributed by atoms with van der Waals surface area (Å²) in [6.45, 7) is 0. The highest BCUT2D eigenvalue weighted by atomic mass is 19.1. The number of furan rings is 1. The number of ether oxygens (including phenoxy) is 2. The van der Waals surface area contributed by atoms with Crippen LogP contribution in [0, 0.1) is 5.82 Å². The average Bonchev–Trinajstić information content (AvgIpc) is 3.00. The molecule has 1 N–H and O–H groups in total. The van der Waals surface area contributed by atoms with Crippen LogP contribution in [0.15, 0.2) is 41.0 Å². The van der Waals surface area contributed by atoms with Crippen LogP contribution in [0.5, 0.6) is 11.5 Å². The Hall–Kier alpha value is -2.76. The quantitative estimate of drug-likeness (QED) is 0.860. The molecular formula is C15H14FNO4. The van der Waals surface area contributed by atoms with Crippen molar-refractivity contribution in [2.75, 3.05) is 19.5 Å². The second kappa shape index (κ2) is 6.60. The van der Waals surface area contributed by atoms with Gasteiger partial charge in [0.25, 0.3) is 0 Å². The molecular weight excluding hydrogens is 277 g/mol. The molecule has 2 rings (SSSR count). The SMILES string of the molecule is COc1cc(F)c(NC(=O)/C=C/c2ccco2)cc1OC. The first-order valence-electron chi connectivity index (χ1n) is 6.08. The van der Waals surface area contributed by atoms with E-state index in [9.17, 15) is 9.18 Å². The Kier molecular flexibility index (Phi) is 4.61. The van der Waals surface area contributed by atoms with Gasteiger partial charge in [0, 0.05) is 18.2 Å². The molecule has 0 saturated heterocycles. The highest BCUT2D eigenvalue weighted by Gasteiger charge is 2.12. The van der Waals surface area contributed by atoms with Gasteiger partial charge in [-0.2, -0.15) is 0 Å². The molecule has 0 aliphatic carbocycles. The number of benzene rings is 1. The zero-order valence-corrected chi connectivity index (χ0v) is 11.6. The number of anilines is 1. The smallest absolute Gasteiger partial charge is 0.248 e. The van der Waals surface area contributed by atoms with Gasteiger partial charge in [0.05, 0.1) is 26.2 Å². The first kappa shape index (κ1) is 14.6. The fourth-order valence-electron chi connectivity index (χ4n) is 1.67. The Morgan fingerprint density at radius 2 is 2.00 bits per heavy atom. The molecule has 1 aromatic heterocycles. The molecule has 5 nitrogen and oxygen atoms in total. The lowest BCUT2D eigenvalue weighted by Gasteiger charge is -2.11. The van der Waals surface area contributed by atoms with Crippen molar-refractivity contribution in [2.24, 2.45) is 0 Å². The molecule has 21 heavy (non-hydrogen) atoms. The standard InChI is InChI=1S/C15H14FNO4/c1-19-13-8-11(16)12(9-14(13)20-2)17-15(18)6-5-10-4-3-7-21-10/h3-9H,1-2H3,(H,17,18)/b6-5+. The minimum absolute atomic E-state index is 0.00162. The molecule has 0 atom stereocenters. The maximum atomic E-state index is 13.8. The van der Waals surface area contributed by atoms with Crippen molar-refractivity contribution in [1.29, 1.82) is 0 Å². The summed E-state index contributed by atoms with van der Waals surface area (Å²) in [5.41, 5.74) is 0.00162. The second-order valence-electron chi connectivity index (χ2n) is 4.03. The molecule has 0 fully saturated rings. The van der Waals surface area contributed by atoms with E-state index in [4.69, 9.17) is 13.9 Å². The summed E-state index contributed by atoms with van der Waals surface area (Å²) in [6, 6.07) is 5.89. The zero-order valence-electron chi connectivity index (χ0n) is 11.6. The van der Waals surface area contributed by atoms with E-state index in [1.807, 2.05) is 0 Å². The van der Waals surface area contributed by atoms with Crippen molar-refractivity contribution in [2.45, 2.75) is 0 Å². The summed E-state index contributed by atoms with van der Waals surface area (Å²) in [7, 11) is 2.83. The molecule has 1 heterocycles. The minimum Gasteiger partial charge on any atom is -0.493 e. The van der Waals surface area contributed by atoms with Crippen molar-refractivity contribution >= 4 is 17.7 Å². The third-order valence-electron chi connectivity index (χ3n) is 2.67. The van der Waals surface area contributed by atoms with Crippen LogP contribution >= 0.6 is 0 Å². The van der Waals surface area contributed by atoms with Gasteiger partial charge in [0.1, 0.15) is 5.76 Å². The third kappa shape index (κ3) is 3.62. The summed E-state index contributed by atoms with van der Waals surface area (Å²) < 4.78 is 28.9. The number of carbonyl (C=O) groups excluding carboxylic acids is 1. The second-order valence-corrected chi connectivity index (χ2v) is 4.03. The Balaban J connectivity index is 2.13. The minimum atomic E-state index is -0.618. The molecule has 1 aromatic carbocycles. The van der Waals surface area contributed by atoms with Crippen LogP contribution in [-0.4, -0.2) is 20.1 Å². The van der Waals surface area contributed by atoms with Crippen molar-refractivity contribution in [1.82, 2.24) is 0 Å². The number of hydrogen-bond donors (Lipinski definition) is 1. The van der Waals surface area contributed by atoms with Crippen molar-refractivity contribution in [3.63, 3.8) is 0 Å². The first-order valence-corrected chi connectivity index (χ1v) is 6.08. The molecule has 0 saturated carbocycles. The van der Waals surface area contributed by atoms with Crippen LogP contribution in [0.3, 0.4) is 0 Å². The van der Waals surface area contributed by atoms with Crippen molar-refractivity contribution < 1.29 is 23.1 Å². The van der Waals surface area contributed by atoms with Gasteiger partial charge >= 0.3 is 0 Å². The van der Waals surface area contributed by atoms with Gasteiger partial charge in [-0.1, -0.05) is 0 Å². The van der Waals surface area contributed by atoms with Gasteiger partial charge in [-0.25, -0.2) is 4.39 Å². The molecule has 2 aromatic rings. The van der Waals surface area contributed by atoms with Crippen LogP contribution in [0.25, 0.3) is 6.08 Å². The Morgan fingerprint density at radius 3 is 2.62 bits per heavy atom. The lowest BCUT2D eigenvalue weighted by atomic mass is 10.2. The van der Waals surface area contributed by atoms with E-state index in [2.05, 4.69) is 5.32 Å². The van der Waals surface area contributed by atoms with Crippen molar-refractivity contribution in [3.05, 3.63) is 48.2 Å². The molecule has 0 aliphatic rings. The summed E-state index contributed by atoms with van der Waals surface area (Å²) in [4.78, 5) is 11.7. The molecule has 6 heteroatoms. The van der Waals surface area contributed by atoms with E-state index < -0.39 is 11.7 Å². The van der Waals surface area contributed by atoms with E-state index in [-0.39, 0.29) is 11.4 Å². The fourth-order valence-corrected chi connectivity index (χ4v) is 1.67. The van der Waals surface area contributed by atoms with Gasteiger partial charge in [-0.3, -0.25) is 4.79 Å². The Labute approximate surface area is 121 Å². The largest absolute Gasteiger partial charge is 0.493 e. The van der Waals surface area contributed by atoms with Gasteiger partial charge in [0.15, 0.2) is 17.3 Å². The summed E-state index contributed by atoms with van der Waals surface area (Å²) in [5, 5.41) is 2.42. The molecule has 0 unspecified atom stereocenters. The van der Waals surface area contributed by atoms with Crippen molar-refractivity contribution in [3.8, 4) is 11.5 Å². The zero-order chi connectivity index (χ0) is 15.2. The number of rotatable bonds is 5. The van der Waals surface area contributed by atoms with Gasteiger partial charge in [-0.05, 0) is 18.2 Å². The molecule has 0 radical (unpaired) electrons. The summed E-state index contributed by atoms with van der Waals surface area (Å²) in [6.07, 6.45) is 4.22. The summed E-state index contributed by atoms with van der Waals surface area (Å²) >= 11 is 0. The van der Waals surface area contributed by atoms with E-state index in [0.29, 0.717) is 11.5 Å². The van der Waals surface area contributed by atoms with Crippen LogP contribution in [0.1, 0.15) is 5.76 Å². The molecule has 0 aliphatic heterocycles. The average molecular weight is 291 g/mol. The third-order valence-corrected chi connectivity index (χ3v) is 2.67. The summed E-state index contributed by atoms with van der Waals surface area (Å²) in [5.74, 6) is -0.00815. The molecule has 0 spiro atoms. The van der Waals surface area contributed by atoms with E-state index in [0.717, 1.165) is 6.07 Å². The highest BCUT2D eigenvalue weighted by molar-refractivity contribution is 6.02. The number of hydrogen-bond acceptors (Lipinski definition) is 4. The molecule has 0 bridgehead atoms. The Morgan fingerprint density at radius 1 is 1.29 bits per heavy atom. The lowest BCUT2D eigenvalue weighted by molar-refractivity contribution is -0.111. The highest BCUT2D eigenvalue weighted by Crippen LogP contribution is 2.32. The van der Waals surface area contributed by atoms with Gasteiger partial charge < -0.3 is 19.2 Å². The monoisotopic (exact) mass is 291 g/mol. The van der Waals surface area contributed by atoms with Crippen LogP contribution < -0.4 is 14.8 Å². The maximum Gasteiger partial charge on any atom is 0.248 e. The van der Waals surface area contributed by atoms with Crippen LogP contribution in [0.4, 0.5) is 10.1 Å². The van der Waals surface area contributed by atoms with E-state index in [1.54, 1.807) is 12.1 Å². The number of methoxy groups -OCH3 is 2. The lowest BCUT2D eigenvalue weighted by Crippen LogP contribution is -2.09. The predicted molar refractivity (Wildman–Crippen MR) is 75.9 cm³/mol.